The molecule has 1 fully saturated rings. The number of hydrogen-bond acceptors (Lipinski definition) is 8. The van der Waals surface area contributed by atoms with Crippen LogP contribution in [-0.4, -0.2) is 90.2 Å². The standard InChI is InChI=1S/C25H32ClF3N8O2S/c1-30-20(13-35(2)3)16-5-6-22(19(26)11-16)36-14-21(32-15-36)23-18(25(27,28)29)12-31-24(34-23)33-17-7-9-37(10-8-17)40(4,38)39/h5-6,11-12,14-15,17,20,30H,7-10,13H2,1-4H3,(H,31,33,34). The van der Waals surface area contributed by atoms with E-state index in [1.165, 1.54) is 16.8 Å². The van der Waals surface area contributed by atoms with Crippen LogP contribution in [-0.2, 0) is 16.2 Å². The van der Waals surface area contributed by atoms with Crippen molar-refractivity contribution in [3.63, 3.8) is 0 Å². The maximum atomic E-state index is 13.9. The third kappa shape index (κ3) is 7.10. The highest BCUT2D eigenvalue weighted by atomic mass is 35.5. The first-order valence-electron chi connectivity index (χ1n) is 12.6. The molecule has 2 aromatic heterocycles. The molecule has 40 heavy (non-hydrogen) atoms. The molecule has 1 unspecified atom stereocenters. The molecule has 0 aliphatic carbocycles. The number of hydrogen-bond donors (Lipinski definition) is 2. The predicted octanol–water partition coefficient (Wildman–Crippen LogP) is 3.66. The van der Waals surface area contributed by atoms with Crippen molar-refractivity contribution in [3.05, 3.63) is 53.1 Å². The fraction of sp³-hybridized carbons (Fsp3) is 0.480. The van der Waals surface area contributed by atoms with Gasteiger partial charge in [-0.25, -0.2) is 27.7 Å². The minimum atomic E-state index is -4.70. The average molecular weight is 601 g/mol. The van der Waals surface area contributed by atoms with Gasteiger partial charge in [0.2, 0.25) is 16.0 Å². The summed E-state index contributed by atoms with van der Waals surface area (Å²) in [5, 5.41) is 6.72. The van der Waals surface area contributed by atoms with Crippen LogP contribution in [0.3, 0.4) is 0 Å². The highest BCUT2D eigenvalue weighted by Gasteiger charge is 2.36. The molecule has 0 amide bonds. The summed E-state index contributed by atoms with van der Waals surface area (Å²) in [6.45, 7) is 1.36. The van der Waals surface area contributed by atoms with Gasteiger partial charge in [-0.1, -0.05) is 17.7 Å². The van der Waals surface area contributed by atoms with Crippen LogP contribution in [0.4, 0.5) is 19.1 Å². The van der Waals surface area contributed by atoms with Crippen LogP contribution in [0, 0.1) is 0 Å². The summed E-state index contributed by atoms with van der Waals surface area (Å²) >= 11 is 6.59. The van der Waals surface area contributed by atoms with E-state index in [2.05, 4.69) is 25.6 Å². The van der Waals surface area contributed by atoms with Crippen LogP contribution in [0.5, 0.6) is 0 Å². The first kappa shape index (κ1) is 30.2. The maximum absolute atomic E-state index is 13.9. The van der Waals surface area contributed by atoms with E-state index in [-0.39, 0.29) is 29.4 Å². The number of alkyl halides is 3. The fourth-order valence-corrected chi connectivity index (χ4v) is 5.78. The SMILES string of the molecule is CNC(CN(C)C)c1ccc(-n2cnc(-c3nc(NC4CCN(S(C)(=O)=O)CC4)ncc3C(F)(F)F)c2)c(Cl)c1. The topological polar surface area (TPSA) is 108 Å². The van der Waals surface area contributed by atoms with Gasteiger partial charge in [0.1, 0.15) is 23.3 Å². The Morgan fingerprint density at radius 1 is 1.20 bits per heavy atom. The summed E-state index contributed by atoms with van der Waals surface area (Å²) in [7, 11) is 2.50. The molecule has 218 valence electrons. The Morgan fingerprint density at radius 3 is 2.48 bits per heavy atom. The second-order valence-electron chi connectivity index (χ2n) is 10.0. The molecule has 1 atom stereocenters. The van der Waals surface area contributed by atoms with Gasteiger partial charge < -0.3 is 20.1 Å². The van der Waals surface area contributed by atoms with Gasteiger partial charge in [0.15, 0.2) is 0 Å². The predicted molar refractivity (Wildman–Crippen MR) is 148 cm³/mol. The highest BCUT2D eigenvalue weighted by molar-refractivity contribution is 7.88. The lowest BCUT2D eigenvalue weighted by Gasteiger charge is -2.30. The molecule has 3 aromatic rings. The molecule has 4 rings (SSSR count). The third-order valence-electron chi connectivity index (χ3n) is 6.72. The number of imidazole rings is 1. The number of halogens is 4. The molecule has 0 spiro atoms. The molecule has 0 radical (unpaired) electrons. The number of nitrogens with zero attached hydrogens (tertiary/aromatic N) is 6. The number of piperidine rings is 1. The quantitative estimate of drug-likeness (QED) is 0.383. The number of nitrogens with one attached hydrogen (secondary N) is 2. The van der Waals surface area contributed by atoms with E-state index < -0.39 is 21.8 Å². The van der Waals surface area contributed by atoms with Gasteiger partial charge in [-0.05, 0) is 51.7 Å². The Bertz CT molecular complexity index is 1440. The van der Waals surface area contributed by atoms with Gasteiger partial charge in [0.25, 0.3) is 0 Å². The van der Waals surface area contributed by atoms with Crippen LogP contribution < -0.4 is 10.6 Å². The third-order valence-corrected chi connectivity index (χ3v) is 8.33. The van der Waals surface area contributed by atoms with Gasteiger partial charge in [0.05, 0.1) is 17.0 Å². The van der Waals surface area contributed by atoms with E-state index in [0.29, 0.717) is 36.6 Å². The lowest BCUT2D eigenvalue weighted by atomic mass is 10.1. The normalized spacial score (nSPS) is 16.4. The molecular weight excluding hydrogens is 569 g/mol. The minimum absolute atomic E-state index is 0.00511. The second-order valence-corrected chi connectivity index (χ2v) is 12.4. The smallest absolute Gasteiger partial charge is 0.351 e. The van der Waals surface area contributed by atoms with E-state index >= 15 is 0 Å². The summed E-state index contributed by atoms with van der Waals surface area (Å²) in [4.78, 5) is 14.3. The van der Waals surface area contributed by atoms with Gasteiger partial charge in [-0.3, -0.25) is 0 Å². The number of sulfonamides is 1. The Morgan fingerprint density at radius 2 is 1.90 bits per heavy atom. The lowest BCUT2D eigenvalue weighted by Crippen LogP contribution is -2.42. The van der Waals surface area contributed by atoms with Gasteiger partial charge in [0, 0.05) is 44.1 Å². The van der Waals surface area contributed by atoms with Crippen LogP contribution >= 0.6 is 11.6 Å². The number of benzene rings is 1. The Balaban J connectivity index is 1.60. The molecule has 3 heterocycles. The van der Waals surface area contributed by atoms with E-state index in [9.17, 15) is 21.6 Å². The molecule has 0 saturated carbocycles. The monoisotopic (exact) mass is 600 g/mol. The summed E-state index contributed by atoms with van der Waals surface area (Å²) in [6, 6.07) is 5.38. The number of rotatable bonds is 9. The first-order valence-corrected chi connectivity index (χ1v) is 14.8. The number of likely N-dealkylation sites (N-methyl/N-ethyl adjacent to an activating group) is 2. The van der Waals surface area contributed by atoms with Crippen molar-refractivity contribution in [2.75, 3.05) is 52.3 Å². The van der Waals surface area contributed by atoms with Crippen molar-refractivity contribution in [1.82, 2.24) is 34.0 Å². The van der Waals surface area contributed by atoms with Crippen LogP contribution in [0.2, 0.25) is 5.02 Å². The van der Waals surface area contributed by atoms with Crippen molar-refractivity contribution in [3.8, 4) is 17.1 Å². The zero-order valence-electron chi connectivity index (χ0n) is 22.6. The molecule has 1 aromatic carbocycles. The molecule has 10 nitrogen and oxygen atoms in total. The van der Waals surface area contributed by atoms with Crippen LogP contribution in [0.15, 0.2) is 36.9 Å². The number of aromatic nitrogens is 4. The Labute approximate surface area is 236 Å². The maximum Gasteiger partial charge on any atom is 0.420 e. The van der Waals surface area contributed by atoms with E-state index in [0.717, 1.165) is 24.6 Å². The van der Waals surface area contributed by atoms with E-state index in [1.807, 2.05) is 38.2 Å². The van der Waals surface area contributed by atoms with Gasteiger partial charge in [-0.2, -0.15) is 13.2 Å². The Hall–Kier alpha value is -2.78. The zero-order chi connectivity index (χ0) is 29.2. The molecular formula is C25H32ClF3N8O2S. The van der Waals surface area contributed by atoms with Crippen molar-refractivity contribution >= 4 is 27.6 Å². The van der Waals surface area contributed by atoms with E-state index in [4.69, 9.17) is 11.6 Å². The summed E-state index contributed by atoms with van der Waals surface area (Å²) < 4.78 is 68.1. The number of anilines is 1. The van der Waals surface area contributed by atoms with Crippen molar-refractivity contribution < 1.29 is 21.6 Å². The molecule has 1 aliphatic rings. The second kappa shape index (κ2) is 12.0. The molecule has 1 aliphatic heterocycles. The Kier molecular flexibility index (Phi) is 9.05. The molecule has 15 heteroatoms. The largest absolute Gasteiger partial charge is 0.420 e. The van der Waals surface area contributed by atoms with Gasteiger partial charge in [-0.15, -0.1) is 0 Å². The van der Waals surface area contributed by atoms with Crippen LogP contribution in [0.25, 0.3) is 17.1 Å². The molecule has 2 N–H and O–H groups in total. The van der Waals surface area contributed by atoms with Crippen molar-refractivity contribution in [2.45, 2.75) is 31.1 Å². The van der Waals surface area contributed by atoms with E-state index in [1.54, 1.807) is 10.6 Å². The summed E-state index contributed by atoms with van der Waals surface area (Å²) in [6.07, 6.45) is 0.963. The highest BCUT2D eigenvalue weighted by Crippen LogP contribution is 2.36. The van der Waals surface area contributed by atoms with Gasteiger partial charge >= 0.3 is 6.18 Å². The first-order chi connectivity index (χ1) is 18.8. The van der Waals surface area contributed by atoms with Crippen molar-refractivity contribution in [2.24, 2.45) is 0 Å². The zero-order valence-corrected chi connectivity index (χ0v) is 24.1. The average Bonchev–Trinajstić information content (AvgIpc) is 3.36. The summed E-state index contributed by atoms with van der Waals surface area (Å²) in [5.41, 5.74) is 0.148. The fourth-order valence-electron chi connectivity index (χ4n) is 4.62. The van der Waals surface area contributed by atoms with Crippen molar-refractivity contribution in [1.29, 1.82) is 0 Å². The lowest BCUT2D eigenvalue weighted by molar-refractivity contribution is -0.137. The molecule has 1 saturated heterocycles. The summed E-state index contributed by atoms with van der Waals surface area (Å²) in [5.74, 6) is 0.0109. The molecule has 0 bridgehead atoms. The van der Waals surface area contributed by atoms with Crippen LogP contribution in [0.1, 0.15) is 30.0 Å². The minimum Gasteiger partial charge on any atom is -0.351 e.